The third-order valence-electron chi connectivity index (χ3n) is 2.76. The monoisotopic (exact) mass is 304 g/mol. The number of rotatable bonds is 4. The summed E-state index contributed by atoms with van der Waals surface area (Å²) < 4.78 is 5.54. The Labute approximate surface area is 128 Å². The maximum absolute atomic E-state index is 12.1. The number of carbonyl (C=O) groups is 1. The van der Waals surface area contributed by atoms with Gasteiger partial charge in [-0.2, -0.15) is 0 Å². The van der Waals surface area contributed by atoms with Crippen LogP contribution in [0.15, 0.2) is 42.5 Å². The molecular formula is C16H17ClN2O2. The van der Waals surface area contributed by atoms with Crippen molar-refractivity contribution in [2.45, 2.75) is 20.0 Å². The number of benzene rings is 2. The van der Waals surface area contributed by atoms with Crippen LogP contribution in [0.4, 0.5) is 11.4 Å². The van der Waals surface area contributed by atoms with Crippen molar-refractivity contribution >= 4 is 28.9 Å². The Bertz CT molecular complexity index is 656. The lowest BCUT2D eigenvalue weighted by molar-refractivity contribution is 0.102. The number of anilines is 2. The van der Waals surface area contributed by atoms with Gasteiger partial charge in [0.15, 0.2) is 0 Å². The van der Waals surface area contributed by atoms with E-state index in [9.17, 15) is 4.79 Å². The van der Waals surface area contributed by atoms with Gasteiger partial charge < -0.3 is 15.8 Å². The van der Waals surface area contributed by atoms with Crippen LogP contribution in [0.25, 0.3) is 0 Å². The number of carbonyl (C=O) groups excluding carboxylic acids is 1. The average molecular weight is 305 g/mol. The first-order valence-electron chi connectivity index (χ1n) is 6.59. The zero-order valence-electron chi connectivity index (χ0n) is 11.9. The molecule has 3 N–H and O–H groups in total. The first-order chi connectivity index (χ1) is 9.97. The Hall–Kier alpha value is -2.20. The zero-order chi connectivity index (χ0) is 15.4. The molecule has 0 aliphatic heterocycles. The van der Waals surface area contributed by atoms with Crippen molar-refractivity contribution in [3.8, 4) is 5.75 Å². The van der Waals surface area contributed by atoms with Gasteiger partial charge in [0.25, 0.3) is 5.91 Å². The highest BCUT2D eigenvalue weighted by Crippen LogP contribution is 2.28. The van der Waals surface area contributed by atoms with Crippen molar-refractivity contribution in [1.82, 2.24) is 0 Å². The molecule has 0 saturated carbocycles. The number of hydrogen-bond acceptors (Lipinski definition) is 3. The summed E-state index contributed by atoms with van der Waals surface area (Å²) in [7, 11) is 0. The van der Waals surface area contributed by atoms with Gasteiger partial charge >= 0.3 is 0 Å². The van der Waals surface area contributed by atoms with Crippen molar-refractivity contribution in [3.63, 3.8) is 0 Å². The molecule has 0 aliphatic carbocycles. The smallest absolute Gasteiger partial charge is 0.257 e. The molecule has 0 radical (unpaired) electrons. The first kappa shape index (κ1) is 15.2. The number of nitrogens with one attached hydrogen (secondary N) is 1. The third kappa shape index (κ3) is 3.89. The second-order valence-corrected chi connectivity index (χ2v) is 5.26. The zero-order valence-corrected chi connectivity index (χ0v) is 12.6. The van der Waals surface area contributed by atoms with Gasteiger partial charge in [0.1, 0.15) is 5.75 Å². The predicted molar refractivity (Wildman–Crippen MR) is 86.0 cm³/mol. The lowest BCUT2D eigenvalue weighted by Gasteiger charge is -2.13. The molecule has 0 atom stereocenters. The van der Waals surface area contributed by atoms with Gasteiger partial charge in [0.05, 0.1) is 16.7 Å². The van der Waals surface area contributed by atoms with Gasteiger partial charge in [0.2, 0.25) is 0 Å². The molecule has 21 heavy (non-hydrogen) atoms. The summed E-state index contributed by atoms with van der Waals surface area (Å²) in [6.07, 6.45) is 0.0343. The average Bonchev–Trinajstić information content (AvgIpc) is 2.42. The first-order valence-corrected chi connectivity index (χ1v) is 6.97. The minimum atomic E-state index is -0.276. The molecule has 0 saturated heterocycles. The van der Waals surface area contributed by atoms with E-state index < -0.39 is 0 Å². The van der Waals surface area contributed by atoms with Crippen LogP contribution in [0.3, 0.4) is 0 Å². The Morgan fingerprint density at radius 1 is 1.24 bits per heavy atom. The molecule has 2 aromatic rings. The van der Waals surface area contributed by atoms with Crippen molar-refractivity contribution in [2.24, 2.45) is 0 Å². The van der Waals surface area contributed by atoms with Crippen molar-refractivity contribution < 1.29 is 9.53 Å². The summed E-state index contributed by atoms with van der Waals surface area (Å²) in [5.41, 5.74) is 7.22. The normalized spacial score (nSPS) is 10.5. The maximum Gasteiger partial charge on any atom is 0.257 e. The summed E-state index contributed by atoms with van der Waals surface area (Å²) in [6.45, 7) is 3.84. The molecule has 2 rings (SSSR count). The van der Waals surface area contributed by atoms with Crippen LogP contribution in [0.5, 0.6) is 5.75 Å². The highest BCUT2D eigenvalue weighted by Gasteiger charge is 2.11. The van der Waals surface area contributed by atoms with Crippen LogP contribution in [0, 0.1) is 0 Å². The topological polar surface area (TPSA) is 64.3 Å². The summed E-state index contributed by atoms with van der Waals surface area (Å²) >= 11 is 6.13. The molecule has 0 fully saturated rings. The van der Waals surface area contributed by atoms with Crippen LogP contribution in [-0.2, 0) is 0 Å². The second-order valence-electron chi connectivity index (χ2n) is 4.85. The number of amides is 1. The van der Waals surface area contributed by atoms with E-state index in [4.69, 9.17) is 22.1 Å². The minimum Gasteiger partial charge on any atom is -0.489 e. The highest BCUT2D eigenvalue weighted by molar-refractivity contribution is 6.32. The van der Waals surface area contributed by atoms with Gasteiger partial charge in [0, 0.05) is 11.4 Å². The maximum atomic E-state index is 12.1. The van der Waals surface area contributed by atoms with Crippen LogP contribution in [0.1, 0.15) is 24.2 Å². The van der Waals surface area contributed by atoms with Crippen LogP contribution in [-0.4, -0.2) is 12.0 Å². The predicted octanol–water partition coefficient (Wildman–Crippen LogP) is 3.96. The second kappa shape index (κ2) is 6.50. The fraction of sp³-hybridized carbons (Fsp3) is 0.188. The lowest BCUT2D eigenvalue weighted by Crippen LogP contribution is -2.14. The van der Waals surface area contributed by atoms with E-state index in [1.165, 1.54) is 0 Å². The Morgan fingerprint density at radius 2 is 1.95 bits per heavy atom. The van der Waals surface area contributed by atoms with Crippen molar-refractivity contribution in [2.75, 3.05) is 11.1 Å². The molecule has 4 nitrogen and oxygen atoms in total. The van der Waals surface area contributed by atoms with Gasteiger partial charge in [-0.05, 0) is 44.2 Å². The molecule has 2 aromatic carbocycles. The summed E-state index contributed by atoms with van der Waals surface area (Å²) in [5, 5.41) is 3.21. The molecule has 5 heteroatoms. The van der Waals surface area contributed by atoms with E-state index >= 15 is 0 Å². The molecule has 0 aliphatic rings. The Kier molecular flexibility index (Phi) is 4.70. The van der Waals surface area contributed by atoms with E-state index in [-0.39, 0.29) is 12.0 Å². The van der Waals surface area contributed by atoms with Crippen LogP contribution < -0.4 is 15.8 Å². The van der Waals surface area contributed by atoms with Crippen LogP contribution in [0.2, 0.25) is 5.02 Å². The number of ether oxygens (including phenoxy) is 1. The summed E-state index contributed by atoms with van der Waals surface area (Å²) in [5.74, 6) is 0.311. The molecule has 1 amide bonds. The quantitative estimate of drug-likeness (QED) is 0.840. The Morgan fingerprint density at radius 3 is 2.57 bits per heavy atom. The summed E-state index contributed by atoms with van der Waals surface area (Å²) in [6, 6.07) is 12.0. The molecular weight excluding hydrogens is 288 g/mol. The number of para-hydroxylation sites is 1. The highest BCUT2D eigenvalue weighted by atomic mass is 35.5. The molecule has 0 heterocycles. The van der Waals surface area contributed by atoms with E-state index in [2.05, 4.69) is 5.32 Å². The fourth-order valence-electron chi connectivity index (χ4n) is 1.83. The number of hydrogen-bond donors (Lipinski definition) is 2. The fourth-order valence-corrected chi connectivity index (χ4v) is 2.06. The molecule has 0 unspecified atom stereocenters. The number of nitrogens with two attached hydrogens (primary N) is 1. The van der Waals surface area contributed by atoms with Gasteiger partial charge in [-0.15, -0.1) is 0 Å². The van der Waals surface area contributed by atoms with Gasteiger partial charge in [-0.1, -0.05) is 23.7 Å². The van der Waals surface area contributed by atoms with E-state index in [0.717, 1.165) is 0 Å². The van der Waals surface area contributed by atoms with Crippen molar-refractivity contribution in [1.29, 1.82) is 0 Å². The van der Waals surface area contributed by atoms with E-state index in [0.29, 0.717) is 27.7 Å². The summed E-state index contributed by atoms with van der Waals surface area (Å²) in [4.78, 5) is 12.1. The van der Waals surface area contributed by atoms with E-state index in [1.54, 1.807) is 42.5 Å². The van der Waals surface area contributed by atoms with Gasteiger partial charge in [-0.3, -0.25) is 4.79 Å². The van der Waals surface area contributed by atoms with Crippen LogP contribution >= 0.6 is 11.6 Å². The van der Waals surface area contributed by atoms with Gasteiger partial charge in [-0.25, -0.2) is 0 Å². The third-order valence-corrected chi connectivity index (χ3v) is 3.05. The number of halogens is 1. The molecule has 110 valence electrons. The van der Waals surface area contributed by atoms with Crippen molar-refractivity contribution in [3.05, 3.63) is 53.1 Å². The largest absolute Gasteiger partial charge is 0.489 e. The minimum absolute atomic E-state index is 0.0343. The SMILES string of the molecule is CC(C)Oc1ccc(NC(=O)c2ccccc2N)cc1Cl. The lowest BCUT2D eigenvalue weighted by atomic mass is 10.1. The standard InChI is InChI=1S/C16H17ClN2O2/c1-10(2)21-15-8-7-11(9-13(15)17)19-16(20)12-5-3-4-6-14(12)18/h3-10H,18H2,1-2H3,(H,19,20). The Balaban J connectivity index is 2.15. The molecule has 0 bridgehead atoms. The molecule has 0 spiro atoms. The number of nitrogen functional groups attached to an aromatic ring is 1. The molecule has 0 aromatic heterocycles. The van der Waals surface area contributed by atoms with E-state index in [1.807, 2.05) is 13.8 Å².